The highest BCUT2D eigenvalue weighted by Crippen LogP contribution is 2.02. The number of amides is 1. The Kier molecular flexibility index (Phi) is 2.35. The van der Waals surface area contributed by atoms with Crippen LogP contribution in [-0.2, 0) is 6.61 Å². The number of nitrogens with zero attached hydrogens (tertiary/aromatic N) is 2. The zero-order chi connectivity index (χ0) is 9.14. The van der Waals surface area contributed by atoms with Gasteiger partial charge in [0, 0.05) is 17.5 Å². The van der Waals surface area contributed by atoms with Gasteiger partial charge in [0.1, 0.15) is 0 Å². The van der Waals surface area contributed by atoms with Gasteiger partial charge in [-0.25, -0.2) is 9.97 Å². The standard InChI is InChI=1S/C7H9N3O2/c1-4-5(3-11)2-9-7(10-4)6(8)12/h2,11H,3H2,1H3,(H2,8,12). The van der Waals surface area contributed by atoms with Crippen LogP contribution in [0.3, 0.4) is 0 Å². The minimum atomic E-state index is -0.664. The second-order valence-electron chi connectivity index (χ2n) is 2.33. The van der Waals surface area contributed by atoms with E-state index in [1.165, 1.54) is 6.20 Å². The van der Waals surface area contributed by atoms with Crippen molar-refractivity contribution in [2.45, 2.75) is 13.5 Å². The normalized spacial score (nSPS) is 9.83. The van der Waals surface area contributed by atoms with Crippen LogP contribution in [0.2, 0.25) is 0 Å². The zero-order valence-electron chi connectivity index (χ0n) is 6.61. The lowest BCUT2D eigenvalue weighted by Gasteiger charge is -2.00. The molecular formula is C7H9N3O2. The number of aromatic nitrogens is 2. The number of hydrogen-bond acceptors (Lipinski definition) is 4. The van der Waals surface area contributed by atoms with Gasteiger partial charge in [0.2, 0.25) is 5.82 Å². The molecule has 1 heterocycles. The maximum absolute atomic E-state index is 10.6. The molecule has 3 N–H and O–H groups in total. The molecule has 0 saturated heterocycles. The third kappa shape index (κ3) is 1.57. The smallest absolute Gasteiger partial charge is 0.286 e. The van der Waals surface area contributed by atoms with Crippen LogP contribution in [-0.4, -0.2) is 21.0 Å². The van der Waals surface area contributed by atoms with E-state index in [-0.39, 0.29) is 12.4 Å². The van der Waals surface area contributed by atoms with Crippen LogP contribution in [0, 0.1) is 6.92 Å². The Morgan fingerprint density at radius 1 is 1.75 bits per heavy atom. The van der Waals surface area contributed by atoms with Gasteiger partial charge in [0.15, 0.2) is 0 Å². The summed E-state index contributed by atoms with van der Waals surface area (Å²) in [5.41, 5.74) is 6.12. The molecule has 64 valence electrons. The second-order valence-corrected chi connectivity index (χ2v) is 2.33. The first-order valence-corrected chi connectivity index (χ1v) is 3.38. The molecule has 5 heteroatoms. The minimum absolute atomic E-state index is 0.0234. The van der Waals surface area contributed by atoms with Crippen LogP contribution < -0.4 is 5.73 Å². The Morgan fingerprint density at radius 3 is 2.83 bits per heavy atom. The molecule has 0 spiro atoms. The van der Waals surface area contributed by atoms with Gasteiger partial charge >= 0.3 is 0 Å². The number of carbonyl (C=O) groups is 1. The Hall–Kier alpha value is -1.49. The molecule has 5 nitrogen and oxygen atoms in total. The van der Waals surface area contributed by atoms with Gasteiger partial charge in [-0.3, -0.25) is 4.79 Å². The van der Waals surface area contributed by atoms with Crippen molar-refractivity contribution in [1.29, 1.82) is 0 Å². The van der Waals surface area contributed by atoms with Crippen LogP contribution in [0.1, 0.15) is 21.9 Å². The van der Waals surface area contributed by atoms with E-state index in [0.29, 0.717) is 11.3 Å². The number of hydrogen-bond donors (Lipinski definition) is 2. The lowest BCUT2D eigenvalue weighted by atomic mass is 10.2. The maximum atomic E-state index is 10.6. The molecule has 0 unspecified atom stereocenters. The number of aryl methyl sites for hydroxylation is 1. The second kappa shape index (κ2) is 3.27. The van der Waals surface area contributed by atoms with Gasteiger partial charge in [0.05, 0.1) is 6.61 Å². The average Bonchev–Trinajstić information content (AvgIpc) is 2.04. The molecule has 0 aromatic carbocycles. The van der Waals surface area contributed by atoms with Crippen molar-refractivity contribution in [2.24, 2.45) is 5.73 Å². The van der Waals surface area contributed by atoms with Crippen molar-refractivity contribution < 1.29 is 9.90 Å². The third-order valence-electron chi connectivity index (χ3n) is 1.47. The topological polar surface area (TPSA) is 89.1 Å². The summed E-state index contributed by atoms with van der Waals surface area (Å²) in [5.74, 6) is -0.688. The summed E-state index contributed by atoms with van der Waals surface area (Å²) in [6, 6.07) is 0. The van der Waals surface area contributed by atoms with Gasteiger partial charge in [-0.15, -0.1) is 0 Å². The van der Waals surface area contributed by atoms with E-state index in [0.717, 1.165) is 0 Å². The molecule has 0 saturated carbocycles. The van der Waals surface area contributed by atoms with Crippen LogP contribution in [0.15, 0.2) is 6.20 Å². The highest BCUT2D eigenvalue weighted by Gasteiger charge is 2.06. The molecule has 0 atom stereocenters. The van der Waals surface area contributed by atoms with Crippen molar-refractivity contribution in [3.8, 4) is 0 Å². The lowest BCUT2D eigenvalue weighted by molar-refractivity contribution is 0.0990. The fraction of sp³-hybridized carbons (Fsp3) is 0.286. The molecule has 1 aromatic heterocycles. The number of aliphatic hydroxyl groups is 1. The monoisotopic (exact) mass is 167 g/mol. The molecule has 12 heavy (non-hydrogen) atoms. The molecule has 1 rings (SSSR count). The molecule has 0 bridgehead atoms. The van der Waals surface area contributed by atoms with Crippen molar-refractivity contribution in [3.63, 3.8) is 0 Å². The Bertz CT molecular complexity index is 312. The van der Waals surface area contributed by atoms with Crippen molar-refractivity contribution in [1.82, 2.24) is 9.97 Å². The predicted molar refractivity (Wildman–Crippen MR) is 41.2 cm³/mol. The summed E-state index contributed by atoms with van der Waals surface area (Å²) in [7, 11) is 0. The molecule has 0 aliphatic carbocycles. The minimum Gasteiger partial charge on any atom is -0.392 e. The summed E-state index contributed by atoms with van der Waals surface area (Å²) in [6.07, 6.45) is 1.39. The van der Waals surface area contributed by atoms with Gasteiger partial charge < -0.3 is 10.8 Å². The number of nitrogens with two attached hydrogens (primary N) is 1. The van der Waals surface area contributed by atoms with Crippen LogP contribution in [0.4, 0.5) is 0 Å². The number of aliphatic hydroxyl groups excluding tert-OH is 1. The van der Waals surface area contributed by atoms with Crippen LogP contribution in [0.25, 0.3) is 0 Å². The summed E-state index contributed by atoms with van der Waals surface area (Å²) in [4.78, 5) is 18.0. The summed E-state index contributed by atoms with van der Waals surface area (Å²) < 4.78 is 0. The van der Waals surface area contributed by atoms with Crippen LogP contribution >= 0.6 is 0 Å². The molecule has 0 aliphatic rings. The number of carbonyl (C=O) groups excluding carboxylic acids is 1. The van der Waals surface area contributed by atoms with Gasteiger partial charge in [-0.2, -0.15) is 0 Å². The van der Waals surface area contributed by atoms with E-state index in [1.54, 1.807) is 6.92 Å². The Labute approximate surface area is 69.3 Å². The predicted octanol–water partition coefficient (Wildman–Crippen LogP) is -0.624. The molecule has 0 radical (unpaired) electrons. The SMILES string of the molecule is Cc1nc(C(N)=O)ncc1CO. The van der Waals surface area contributed by atoms with E-state index in [4.69, 9.17) is 10.8 Å². The molecule has 1 aromatic rings. The van der Waals surface area contributed by atoms with Crippen molar-refractivity contribution >= 4 is 5.91 Å². The first kappa shape index (κ1) is 8.61. The molecular weight excluding hydrogens is 158 g/mol. The first-order valence-electron chi connectivity index (χ1n) is 3.38. The quantitative estimate of drug-likeness (QED) is 0.614. The van der Waals surface area contributed by atoms with E-state index in [9.17, 15) is 4.79 Å². The van der Waals surface area contributed by atoms with Crippen molar-refractivity contribution in [3.05, 3.63) is 23.3 Å². The van der Waals surface area contributed by atoms with Crippen molar-refractivity contribution in [2.75, 3.05) is 0 Å². The summed E-state index contributed by atoms with van der Waals surface area (Å²) >= 11 is 0. The van der Waals surface area contributed by atoms with Gasteiger partial charge in [-0.05, 0) is 6.92 Å². The fourth-order valence-corrected chi connectivity index (χ4v) is 0.766. The Morgan fingerprint density at radius 2 is 2.42 bits per heavy atom. The lowest BCUT2D eigenvalue weighted by Crippen LogP contribution is -2.16. The van der Waals surface area contributed by atoms with Gasteiger partial charge in [-0.1, -0.05) is 0 Å². The summed E-state index contributed by atoms with van der Waals surface area (Å²) in [5, 5.41) is 8.75. The van der Waals surface area contributed by atoms with Gasteiger partial charge in [0.25, 0.3) is 5.91 Å². The number of primary amides is 1. The highest BCUT2D eigenvalue weighted by molar-refractivity contribution is 5.88. The first-order chi connectivity index (χ1) is 5.65. The molecule has 0 aliphatic heterocycles. The molecule has 0 fully saturated rings. The van der Waals surface area contributed by atoms with E-state index < -0.39 is 5.91 Å². The number of rotatable bonds is 2. The largest absolute Gasteiger partial charge is 0.392 e. The molecule has 1 amide bonds. The Balaban J connectivity index is 3.10. The fourth-order valence-electron chi connectivity index (χ4n) is 0.766. The zero-order valence-corrected chi connectivity index (χ0v) is 6.61. The van der Waals surface area contributed by atoms with E-state index >= 15 is 0 Å². The third-order valence-corrected chi connectivity index (χ3v) is 1.47. The van der Waals surface area contributed by atoms with E-state index in [1.807, 2.05) is 0 Å². The summed E-state index contributed by atoms with van der Waals surface area (Å²) in [6.45, 7) is 1.55. The maximum Gasteiger partial charge on any atom is 0.286 e. The highest BCUT2D eigenvalue weighted by atomic mass is 16.3. The average molecular weight is 167 g/mol. The van der Waals surface area contributed by atoms with Crippen LogP contribution in [0.5, 0.6) is 0 Å². The van der Waals surface area contributed by atoms with E-state index in [2.05, 4.69) is 9.97 Å².